The number of aryl methyl sites for hydroxylation is 1. The van der Waals surface area contributed by atoms with Gasteiger partial charge in [-0.3, -0.25) is 4.79 Å². The van der Waals surface area contributed by atoms with Crippen molar-refractivity contribution in [3.63, 3.8) is 0 Å². The van der Waals surface area contributed by atoms with Gasteiger partial charge in [0.05, 0.1) is 0 Å². The summed E-state index contributed by atoms with van der Waals surface area (Å²) < 4.78 is 5.22. The first kappa shape index (κ1) is 16.8. The molecule has 0 unspecified atom stereocenters. The number of carbonyl (C=O) groups excluding carboxylic acids is 1. The van der Waals surface area contributed by atoms with Crippen molar-refractivity contribution in [1.82, 2.24) is 10.1 Å². The second kappa shape index (κ2) is 7.70. The monoisotopic (exact) mass is 368 g/mol. The van der Waals surface area contributed by atoms with Crippen molar-refractivity contribution in [3.05, 3.63) is 47.0 Å². The zero-order chi connectivity index (χ0) is 17.8. The van der Waals surface area contributed by atoms with Crippen molar-refractivity contribution < 1.29 is 9.32 Å². The van der Waals surface area contributed by atoms with E-state index in [4.69, 9.17) is 4.52 Å². The van der Waals surface area contributed by atoms with Crippen LogP contribution in [0.25, 0.3) is 11.4 Å². The summed E-state index contributed by atoms with van der Waals surface area (Å²) in [6.07, 6.45) is 3.23. The molecule has 0 atom stereocenters. The van der Waals surface area contributed by atoms with Gasteiger partial charge in [0, 0.05) is 48.2 Å². The number of thiophene rings is 1. The van der Waals surface area contributed by atoms with Gasteiger partial charge in [-0.15, -0.1) is 0 Å². The fourth-order valence-corrected chi connectivity index (χ4v) is 3.67. The molecule has 1 aromatic carbocycles. The summed E-state index contributed by atoms with van der Waals surface area (Å²) in [5.74, 6) is 0.985. The number of anilines is 2. The van der Waals surface area contributed by atoms with E-state index >= 15 is 0 Å². The predicted molar refractivity (Wildman–Crippen MR) is 102 cm³/mol. The summed E-state index contributed by atoms with van der Waals surface area (Å²) in [6, 6.07) is 9.97. The molecule has 0 bridgehead atoms. The van der Waals surface area contributed by atoms with E-state index in [1.165, 1.54) is 18.5 Å². The van der Waals surface area contributed by atoms with E-state index in [1.807, 2.05) is 29.0 Å². The molecule has 0 aliphatic carbocycles. The molecule has 1 amide bonds. The molecule has 1 aliphatic heterocycles. The number of nitrogens with one attached hydrogen (secondary N) is 1. The fraction of sp³-hybridized carbons (Fsp3) is 0.316. The van der Waals surface area contributed by atoms with Crippen LogP contribution in [0.3, 0.4) is 0 Å². The Bertz CT molecular complexity index is 852. The molecule has 1 saturated heterocycles. The number of rotatable bonds is 6. The van der Waals surface area contributed by atoms with Crippen molar-refractivity contribution in [3.8, 4) is 11.4 Å². The second-order valence-corrected chi connectivity index (χ2v) is 7.09. The Morgan fingerprint density at radius 3 is 2.73 bits per heavy atom. The van der Waals surface area contributed by atoms with Crippen LogP contribution in [0, 0.1) is 0 Å². The van der Waals surface area contributed by atoms with Gasteiger partial charge >= 0.3 is 0 Å². The Morgan fingerprint density at radius 1 is 1.19 bits per heavy atom. The third-order valence-corrected chi connectivity index (χ3v) is 5.12. The van der Waals surface area contributed by atoms with Gasteiger partial charge in [-0.1, -0.05) is 5.16 Å². The zero-order valence-electron chi connectivity index (χ0n) is 14.4. The Hall–Kier alpha value is -2.67. The molecule has 3 aromatic rings. The topological polar surface area (TPSA) is 71.3 Å². The van der Waals surface area contributed by atoms with Gasteiger partial charge in [0.25, 0.3) is 0 Å². The Labute approximate surface area is 155 Å². The number of benzene rings is 1. The highest BCUT2D eigenvalue weighted by Crippen LogP contribution is 2.22. The molecule has 4 rings (SSSR count). The zero-order valence-corrected chi connectivity index (χ0v) is 15.2. The third kappa shape index (κ3) is 3.94. The van der Waals surface area contributed by atoms with Crippen LogP contribution in [0.15, 0.2) is 45.6 Å². The molecule has 1 fully saturated rings. The van der Waals surface area contributed by atoms with Crippen LogP contribution in [0.1, 0.15) is 25.2 Å². The van der Waals surface area contributed by atoms with E-state index in [9.17, 15) is 4.79 Å². The number of aromatic nitrogens is 2. The predicted octanol–water partition coefficient (Wildman–Crippen LogP) is 3.97. The molecule has 3 heterocycles. The Kier molecular flexibility index (Phi) is 4.97. The lowest BCUT2D eigenvalue weighted by Crippen LogP contribution is -2.17. The van der Waals surface area contributed by atoms with Crippen LogP contribution < -0.4 is 10.2 Å². The van der Waals surface area contributed by atoms with Crippen LogP contribution in [-0.2, 0) is 11.2 Å². The molecule has 26 heavy (non-hydrogen) atoms. The molecule has 7 heteroatoms. The van der Waals surface area contributed by atoms with Crippen LogP contribution in [0.2, 0.25) is 0 Å². The van der Waals surface area contributed by atoms with Gasteiger partial charge in [0.1, 0.15) is 0 Å². The average molecular weight is 368 g/mol. The summed E-state index contributed by atoms with van der Waals surface area (Å²) in [6.45, 7) is 2.23. The first-order chi connectivity index (χ1) is 12.8. The third-order valence-electron chi connectivity index (χ3n) is 4.44. The summed E-state index contributed by atoms with van der Waals surface area (Å²) >= 11 is 1.58. The molecule has 0 saturated carbocycles. The van der Waals surface area contributed by atoms with Crippen LogP contribution in [0.5, 0.6) is 0 Å². The lowest BCUT2D eigenvalue weighted by Gasteiger charge is -2.17. The number of hydrogen-bond donors (Lipinski definition) is 1. The minimum Gasteiger partial charge on any atom is -0.372 e. The van der Waals surface area contributed by atoms with E-state index in [0.29, 0.717) is 24.6 Å². The summed E-state index contributed by atoms with van der Waals surface area (Å²) in [5.41, 5.74) is 2.96. The van der Waals surface area contributed by atoms with E-state index in [1.54, 1.807) is 11.3 Å². The lowest BCUT2D eigenvalue weighted by atomic mass is 10.2. The first-order valence-electron chi connectivity index (χ1n) is 8.78. The molecule has 134 valence electrons. The molecular formula is C19H20N4O2S. The van der Waals surface area contributed by atoms with Crippen LogP contribution in [0.4, 0.5) is 11.4 Å². The number of hydrogen-bond acceptors (Lipinski definition) is 6. The SMILES string of the molecule is O=C(CCc1nc(-c2ccsc2)no1)Nc1ccc(N2CCCC2)cc1. The van der Waals surface area contributed by atoms with Crippen molar-refractivity contribution in [1.29, 1.82) is 0 Å². The summed E-state index contributed by atoms with van der Waals surface area (Å²) in [4.78, 5) is 18.9. The van der Waals surface area contributed by atoms with Gasteiger partial charge in [-0.2, -0.15) is 16.3 Å². The van der Waals surface area contributed by atoms with E-state index in [0.717, 1.165) is 24.3 Å². The summed E-state index contributed by atoms with van der Waals surface area (Å²) in [7, 11) is 0. The molecule has 6 nitrogen and oxygen atoms in total. The smallest absolute Gasteiger partial charge is 0.227 e. The average Bonchev–Trinajstić information content (AvgIpc) is 3.42. The van der Waals surface area contributed by atoms with Crippen molar-refractivity contribution in [2.45, 2.75) is 25.7 Å². The minimum atomic E-state index is -0.0609. The number of amides is 1. The van der Waals surface area contributed by atoms with Gasteiger partial charge < -0.3 is 14.7 Å². The highest BCUT2D eigenvalue weighted by molar-refractivity contribution is 7.08. The maximum atomic E-state index is 12.2. The lowest BCUT2D eigenvalue weighted by molar-refractivity contribution is -0.116. The highest BCUT2D eigenvalue weighted by Gasteiger charge is 2.13. The van der Waals surface area contributed by atoms with Crippen molar-refractivity contribution in [2.75, 3.05) is 23.3 Å². The maximum absolute atomic E-state index is 12.2. The van der Waals surface area contributed by atoms with E-state index in [-0.39, 0.29) is 5.91 Å². The molecule has 0 spiro atoms. The largest absolute Gasteiger partial charge is 0.372 e. The number of carbonyl (C=O) groups is 1. The van der Waals surface area contributed by atoms with E-state index < -0.39 is 0 Å². The highest BCUT2D eigenvalue weighted by atomic mass is 32.1. The summed E-state index contributed by atoms with van der Waals surface area (Å²) in [5, 5.41) is 10.8. The van der Waals surface area contributed by atoms with Gasteiger partial charge in [-0.05, 0) is 48.6 Å². The van der Waals surface area contributed by atoms with Crippen LogP contribution >= 0.6 is 11.3 Å². The molecule has 1 N–H and O–H groups in total. The molecular weight excluding hydrogens is 348 g/mol. The fourth-order valence-electron chi connectivity index (χ4n) is 3.04. The maximum Gasteiger partial charge on any atom is 0.227 e. The van der Waals surface area contributed by atoms with Gasteiger partial charge in [0.15, 0.2) is 0 Å². The normalized spacial score (nSPS) is 13.9. The first-order valence-corrected chi connectivity index (χ1v) is 9.72. The molecule has 2 aromatic heterocycles. The van der Waals surface area contributed by atoms with E-state index in [2.05, 4.69) is 32.5 Å². The Balaban J connectivity index is 1.28. The quantitative estimate of drug-likeness (QED) is 0.713. The second-order valence-electron chi connectivity index (χ2n) is 6.31. The minimum absolute atomic E-state index is 0.0609. The van der Waals surface area contributed by atoms with Crippen molar-refractivity contribution in [2.24, 2.45) is 0 Å². The van der Waals surface area contributed by atoms with Gasteiger partial charge in [-0.25, -0.2) is 0 Å². The molecule has 0 radical (unpaired) electrons. The van der Waals surface area contributed by atoms with Gasteiger partial charge in [0.2, 0.25) is 17.6 Å². The van der Waals surface area contributed by atoms with Crippen LogP contribution in [-0.4, -0.2) is 29.1 Å². The van der Waals surface area contributed by atoms with Crippen molar-refractivity contribution >= 4 is 28.6 Å². The molecule has 1 aliphatic rings. The standard InChI is InChI=1S/C19H20N4O2S/c24-17(7-8-18-21-19(22-25-18)14-9-12-26-13-14)20-15-3-5-16(6-4-15)23-10-1-2-11-23/h3-6,9,12-13H,1-2,7-8,10-11H2,(H,20,24). The Morgan fingerprint density at radius 2 is 2.00 bits per heavy atom. The number of nitrogens with zero attached hydrogens (tertiary/aromatic N) is 3.